The van der Waals surface area contributed by atoms with Gasteiger partial charge in [-0.15, -0.1) is 0 Å². The Morgan fingerprint density at radius 1 is 1.19 bits per heavy atom. The van der Waals surface area contributed by atoms with Gasteiger partial charge in [0.1, 0.15) is 0 Å². The maximum atomic E-state index is 12.4. The predicted molar refractivity (Wildman–Crippen MR) is 77.4 cm³/mol. The van der Waals surface area contributed by atoms with Crippen LogP contribution in [-0.4, -0.2) is 58.2 Å². The third-order valence-electron chi connectivity index (χ3n) is 4.05. The normalized spacial score (nSPS) is 16.6. The molecule has 2 heterocycles. The van der Waals surface area contributed by atoms with Crippen LogP contribution in [0.2, 0.25) is 0 Å². The minimum absolute atomic E-state index is 0.0318. The molecule has 0 aliphatic carbocycles. The monoisotopic (exact) mass is 402 g/mol. The van der Waals surface area contributed by atoms with Crippen LogP contribution in [0.3, 0.4) is 0 Å². The highest BCUT2D eigenvalue weighted by Gasteiger charge is 2.60. The Morgan fingerprint density at radius 2 is 1.74 bits per heavy atom. The van der Waals surface area contributed by atoms with Crippen molar-refractivity contribution in [3.8, 4) is 0 Å². The van der Waals surface area contributed by atoms with Crippen LogP contribution in [0, 0.1) is 5.92 Å². The van der Waals surface area contributed by atoms with Crippen molar-refractivity contribution in [3.05, 3.63) is 18.0 Å². The molecule has 0 unspecified atom stereocenters. The van der Waals surface area contributed by atoms with Gasteiger partial charge < -0.3 is 15.4 Å². The Labute approximate surface area is 149 Å². The molecular weight excluding hydrogens is 386 g/mol. The largest absolute Gasteiger partial charge is 0.434 e. The summed E-state index contributed by atoms with van der Waals surface area (Å²) in [6.07, 6.45) is -14.0. The third-order valence-corrected chi connectivity index (χ3v) is 4.05. The second kappa shape index (κ2) is 7.64. The van der Waals surface area contributed by atoms with Crippen LogP contribution in [0.5, 0.6) is 0 Å². The fourth-order valence-electron chi connectivity index (χ4n) is 2.65. The van der Waals surface area contributed by atoms with Gasteiger partial charge in [-0.05, 0) is 18.8 Å². The predicted octanol–water partition coefficient (Wildman–Crippen LogP) is 2.32. The molecule has 0 bridgehead atoms. The second-order valence-corrected chi connectivity index (χ2v) is 6.09. The molecule has 2 amide bonds. The van der Waals surface area contributed by atoms with E-state index in [1.807, 2.05) is 0 Å². The highest BCUT2D eigenvalue weighted by molar-refractivity contribution is 5.92. The third kappa shape index (κ3) is 5.50. The number of halogens is 6. The van der Waals surface area contributed by atoms with Gasteiger partial charge in [-0.3, -0.25) is 9.48 Å². The van der Waals surface area contributed by atoms with Crippen LogP contribution >= 0.6 is 0 Å². The number of piperidine rings is 1. The SMILES string of the molecule is NC(=O)c1cnn(CC2CCN(C(=O)OC(C(F)(F)F)C(F)(F)F)CC2)c1. The van der Waals surface area contributed by atoms with Crippen LogP contribution in [0.25, 0.3) is 0 Å². The first-order chi connectivity index (χ1) is 12.4. The van der Waals surface area contributed by atoms with E-state index in [2.05, 4.69) is 9.84 Å². The lowest BCUT2D eigenvalue weighted by atomic mass is 9.97. The Morgan fingerprint density at radius 3 is 2.19 bits per heavy atom. The van der Waals surface area contributed by atoms with E-state index in [1.54, 1.807) is 0 Å². The number of amides is 2. The van der Waals surface area contributed by atoms with Crippen molar-refractivity contribution < 1.29 is 40.7 Å². The Kier molecular flexibility index (Phi) is 5.90. The van der Waals surface area contributed by atoms with E-state index in [0.29, 0.717) is 19.4 Å². The summed E-state index contributed by atoms with van der Waals surface area (Å²) in [5.41, 5.74) is 5.31. The zero-order chi connectivity index (χ0) is 20.4. The van der Waals surface area contributed by atoms with E-state index >= 15 is 0 Å². The van der Waals surface area contributed by atoms with Crippen LogP contribution in [0.15, 0.2) is 12.4 Å². The first-order valence-corrected chi connectivity index (χ1v) is 7.79. The van der Waals surface area contributed by atoms with Gasteiger partial charge in [0.2, 0.25) is 0 Å². The Bertz CT molecular complexity index is 665. The number of primary amides is 1. The number of likely N-dealkylation sites (tertiary alicyclic amines) is 1. The minimum atomic E-state index is -5.75. The molecule has 152 valence electrons. The topological polar surface area (TPSA) is 90.5 Å². The van der Waals surface area contributed by atoms with Gasteiger partial charge in [-0.25, -0.2) is 4.79 Å². The van der Waals surface area contributed by atoms with E-state index in [1.165, 1.54) is 17.1 Å². The molecule has 0 saturated carbocycles. The molecule has 13 heteroatoms. The number of nitrogens with zero attached hydrogens (tertiary/aromatic N) is 3. The molecule has 1 saturated heterocycles. The summed E-state index contributed by atoms with van der Waals surface area (Å²) in [7, 11) is 0. The molecule has 0 aromatic carbocycles. The van der Waals surface area contributed by atoms with Crippen molar-refractivity contribution in [3.63, 3.8) is 0 Å². The molecule has 0 atom stereocenters. The summed E-state index contributed by atoms with van der Waals surface area (Å²) in [6, 6.07) is 0. The summed E-state index contributed by atoms with van der Waals surface area (Å²) in [5.74, 6) is -0.682. The fourth-order valence-corrected chi connectivity index (χ4v) is 2.65. The van der Waals surface area contributed by atoms with Crippen molar-refractivity contribution in [2.45, 2.75) is 37.8 Å². The average molecular weight is 402 g/mol. The molecule has 1 aromatic heterocycles. The molecule has 2 N–H and O–H groups in total. The van der Waals surface area contributed by atoms with Crippen molar-refractivity contribution in [1.29, 1.82) is 0 Å². The fraction of sp³-hybridized carbons (Fsp3) is 0.643. The van der Waals surface area contributed by atoms with Gasteiger partial charge in [-0.2, -0.15) is 31.4 Å². The van der Waals surface area contributed by atoms with Crippen molar-refractivity contribution in [1.82, 2.24) is 14.7 Å². The molecule has 1 aliphatic rings. The van der Waals surface area contributed by atoms with Gasteiger partial charge in [0.15, 0.2) is 0 Å². The number of rotatable bonds is 4. The zero-order valence-corrected chi connectivity index (χ0v) is 13.8. The zero-order valence-electron chi connectivity index (χ0n) is 13.8. The molecule has 0 spiro atoms. The number of ether oxygens (including phenoxy) is 1. The molecule has 27 heavy (non-hydrogen) atoms. The second-order valence-electron chi connectivity index (χ2n) is 6.09. The van der Waals surface area contributed by atoms with Gasteiger partial charge in [0.25, 0.3) is 12.0 Å². The maximum absolute atomic E-state index is 12.4. The molecule has 0 radical (unpaired) electrons. The van der Waals surface area contributed by atoms with E-state index in [-0.39, 0.29) is 24.6 Å². The van der Waals surface area contributed by atoms with E-state index in [4.69, 9.17) is 5.73 Å². The summed E-state index contributed by atoms with van der Waals surface area (Å²) in [4.78, 5) is 23.5. The van der Waals surface area contributed by atoms with Crippen LogP contribution in [-0.2, 0) is 11.3 Å². The summed E-state index contributed by atoms with van der Waals surface area (Å²) in [6.45, 7) is 0.246. The lowest BCUT2D eigenvalue weighted by Crippen LogP contribution is -2.49. The van der Waals surface area contributed by atoms with E-state index in [0.717, 1.165) is 4.90 Å². The molecule has 1 aromatic rings. The summed E-state index contributed by atoms with van der Waals surface area (Å²) >= 11 is 0. The number of carbonyl (C=O) groups is 2. The number of hydrogen-bond donors (Lipinski definition) is 1. The lowest BCUT2D eigenvalue weighted by Gasteiger charge is -2.33. The number of nitrogens with two attached hydrogens (primary N) is 1. The molecule has 7 nitrogen and oxygen atoms in total. The molecular formula is C14H16F6N4O3. The van der Waals surface area contributed by atoms with Crippen molar-refractivity contribution in [2.24, 2.45) is 11.7 Å². The number of alkyl halides is 6. The van der Waals surface area contributed by atoms with Gasteiger partial charge in [-0.1, -0.05) is 0 Å². The van der Waals surface area contributed by atoms with Gasteiger partial charge >= 0.3 is 18.4 Å². The smallest absolute Gasteiger partial charge is 0.426 e. The minimum Gasteiger partial charge on any atom is -0.426 e. The average Bonchev–Trinajstić information content (AvgIpc) is 2.99. The Hall–Kier alpha value is -2.47. The Balaban J connectivity index is 1.88. The number of hydrogen-bond acceptors (Lipinski definition) is 4. The summed E-state index contributed by atoms with van der Waals surface area (Å²) in [5, 5.41) is 3.94. The lowest BCUT2D eigenvalue weighted by molar-refractivity contribution is -0.308. The van der Waals surface area contributed by atoms with Crippen molar-refractivity contribution >= 4 is 12.0 Å². The standard InChI is InChI=1S/C14H16F6N4O3/c15-13(16,17)11(14(18,19)20)27-12(26)23-3-1-8(2-4-23)6-24-7-9(5-22-24)10(21)25/h5,7-8,11H,1-4,6H2,(H2,21,25). The summed E-state index contributed by atoms with van der Waals surface area (Å²) < 4.78 is 79.8. The highest BCUT2D eigenvalue weighted by Crippen LogP contribution is 2.36. The van der Waals surface area contributed by atoms with Crippen molar-refractivity contribution in [2.75, 3.05) is 13.1 Å². The highest BCUT2D eigenvalue weighted by atomic mass is 19.4. The van der Waals surface area contributed by atoms with E-state index < -0.39 is 30.5 Å². The maximum Gasteiger partial charge on any atom is 0.434 e. The van der Waals surface area contributed by atoms with E-state index in [9.17, 15) is 35.9 Å². The number of carbonyl (C=O) groups excluding carboxylic acids is 2. The van der Waals surface area contributed by atoms with Gasteiger partial charge in [0.05, 0.1) is 11.8 Å². The van der Waals surface area contributed by atoms with Crippen LogP contribution in [0.4, 0.5) is 31.1 Å². The molecule has 1 aliphatic heterocycles. The molecule has 1 fully saturated rings. The van der Waals surface area contributed by atoms with Gasteiger partial charge in [0, 0.05) is 25.8 Å². The first-order valence-electron chi connectivity index (χ1n) is 7.79. The van der Waals surface area contributed by atoms with Crippen LogP contribution < -0.4 is 5.73 Å². The molecule has 2 rings (SSSR count). The number of aromatic nitrogens is 2. The van der Waals surface area contributed by atoms with Crippen LogP contribution in [0.1, 0.15) is 23.2 Å². The first kappa shape index (κ1) is 20.8. The quantitative estimate of drug-likeness (QED) is 0.783.